The van der Waals surface area contributed by atoms with E-state index in [0.717, 1.165) is 6.42 Å². The van der Waals surface area contributed by atoms with Crippen LogP contribution in [0.4, 0.5) is 4.79 Å². The number of hydrogen-bond donors (Lipinski definition) is 1. The Labute approximate surface area is 58.4 Å². The molecule has 10 heavy (non-hydrogen) atoms. The number of hydrogen-bond acceptors (Lipinski definition) is 2. The zero-order chi connectivity index (χ0) is 7.56. The summed E-state index contributed by atoms with van der Waals surface area (Å²) < 4.78 is 0. The van der Waals surface area contributed by atoms with Gasteiger partial charge in [-0.25, -0.2) is 4.79 Å². The summed E-state index contributed by atoms with van der Waals surface area (Å²) in [5.41, 5.74) is 0. The number of carbonyl (C=O) groups excluding carboxylic acids is 1. The largest absolute Gasteiger partial charge is 0.465 e. The Morgan fingerprint density at radius 2 is 2.40 bits per heavy atom. The zero-order valence-corrected chi connectivity index (χ0v) is 5.49. The predicted molar refractivity (Wildman–Crippen MR) is 33.8 cm³/mol. The summed E-state index contributed by atoms with van der Waals surface area (Å²) in [7, 11) is 0. The molecule has 1 fully saturated rings. The number of aldehydes is 1. The summed E-state index contributed by atoms with van der Waals surface area (Å²) in [6, 6.07) is -0.391. The molecule has 0 spiro atoms. The lowest BCUT2D eigenvalue weighted by Gasteiger charge is -2.14. The average Bonchev–Trinajstić information content (AvgIpc) is 2.33. The molecule has 0 bridgehead atoms. The van der Waals surface area contributed by atoms with Gasteiger partial charge in [0.05, 0.1) is 6.04 Å². The maximum atomic E-state index is 10.3. The van der Waals surface area contributed by atoms with Crippen LogP contribution in [0.1, 0.15) is 12.8 Å². The van der Waals surface area contributed by atoms with Gasteiger partial charge in [-0.2, -0.15) is 0 Å². The first-order chi connectivity index (χ1) is 4.75. The summed E-state index contributed by atoms with van der Waals surface area (Å²) >= 11 is 0. The Hall–Kier alpha value is -1.06. The number of amides is 1. The molecule has 4 heteroatoms. The minimum Gasteiger partial charge on any atom is -0.465 e. The lowest BCUT2D eigenvalue weighted by Crippen LogP contribution is -2.34. The molecule has 1 N–H and O–H groups in total. The van der Waals surface area contributed by atoms with E-state index in [1.165, 1.54) is 4.90 Å². The second-order valence-corrected chi connectivity index (χ2v) is 2.32. The van der Waals surface area contributed by atoms with E-state index in [0.29, 0.717) is 19.3 Å². The van der Waals surface area contributed by atoms with Crippen molar-refractivity contribution in [2.24, 2.45) is 0 Å². The first kappa shape index (κ1) is 7.05. The van der Waals surface area contributed by atoms with Crippen molar-refractivity contribution in [2.45, 2.75) is 18.9 Å². The van der Waals surface area contributed by atoms with Gasteiger partial charge in [-0.05, 0) is 12.8 Å². The highest BCUT2D eigenvalue weighted by Crippen LogP contribution is 2.14. The van der Waals surface area contributed by atoms with Crippen molar-refractivity contribution in [2.75, 3.05) is 6.54 Å². The van der Waals surface area contributed by atoms with Gasteiger partial charge < -0.3 is 9.90 Å². The summed E-state index contributed by atoms with van der Waals surface area (Å²) in [5, 5.41) is 8.48. The van der Waals surface area contributed by atoms with Crippen molar-refractivity contribution < 1.29 is 14.7 Å². The number of rotatable bonds is 1. The molecule has 56 valence electrons. The summed E-state index contributed by atoms with van der Waals surface area (Å²) in [6.07, 6.45) is 1.18. The van der Waals surface area contributed by atoms with E-state index < -0.39 is 12.1 Å². The smallest absolute Gasteiger partial charge is 0.407 e. The topological polar surface area (TPSA) is 57.6 Å². The Bertz CT molecular complexity index is 157. The maximum absolute atomic E-state index is 10.3. The van der Waals surface area contributed by atoms with Crippen molar-refractivity contribution >= 4 is 12.4 Å². The lowest BCUT2D eigenvalue weighted by atomic mass is 10.2. The SMILES string of the molecule is O=C[C@@H]1CCCN1C(=O)O. The minimum atomic E-state index is -0.991. The van der Waals surface area contributed by atoms with Gasteiger partial charge in [-0.3, -0.25) is 4.90 Å². The van der Waals surface area contributed by atoms with E-state index >= 15 is 0 Å². The third-order valence-electron chi connectivity index (χ3n) is 1.70. The third kappa shape index (κ3) is 1.10. The van der Waals surface area contributed by atoms with E-state index in [1.807, 2.05) is 0 Å². The van der Waals surface area contributed by atoms with Crippen molar-refractivity contribution in [3.8, 4) is 0 Å². The molecule has 0 aliphatic carbocycles. The fourth-order valence-corrected chi connectivity index (χ4v) is 1.17. The van der Waals surface area contributed by atoms with E-state index in [2.05, 4.69) is 0 Å². The molecule has 0 aromatic carbocycles. The Morgan fingerprint density at radius 3 is 2.80 bits per heavy atom. The van der Waals surface area contributed by atoms with Crippen LogP contribution in [0.2, 0.25) is 0 Å². The van der Waals surface area contributed by atoms with Gasteiger partial charge in [0, 0.05) is 6.54 Å². The van der Waals surface area contributed by atoms with Crippen LogP contribution in [0.25, 0.3) is 0 Å². The Morgan fingerprint density at radius 1 is 1.70 bits per heavy atom. The quantitative estimate of drug-likeness (QED) is 0.538. The van der Waals surface area contributed by atoms with Gasteiger partial charge in [-0.1, -0.05) is 0 Å². The number of likely N-dealkylation sites (tertiary alicyclic amines) is 1. The van der Waals surface area contributed by atoms with Crippen LogP contribution in [0, 0.1) is 0 Å². The first-order valence-electron chi connectivity index (χ1n) is 3.20. The molecule has 1 amide bonds. The lowest BCUT2D eigenvalue weighted by molar-refractivity contribution is -0.111. The summed E-state index contributed by atoms with van der Waals surface area (Å²) in [6.45, 7) is 0.499. The number of carboxylic acid groups (broad SMARTS) is 1. The molecular formula is C6H9NO3. The van der Waals surface area contributed by atoms with Gasteiger partial charge in [0.25, 0.3) is 0 Å². The number of nitrogens with zero attached hydrogens (tertiary/aromatic N) is 1. The molecule has 0 unspecified atom stereocenters. The van der Waals surface area contributed by atoms with Crippen molar-refractivity contribution in [3.05, 3.63) is 0 Å². The van der Waals surface area contributed by atoms with Crippen LogP contribution >= 0.6 is 0 Å². The Balaban J connectivity index is 2.58. The van der Waals surface area contributed by atoms with Gasteiger partial charge in [0.2, 0.25) is 0 Å². The fraction of sp³-hybridized carbons (Fsp3) is 0.667. The van der Waals surface area contributed by atoms with E-state index in [4.69, 9.17) is 5.11 Å². The van der Waals surface area contributed by atoms with Crippen LogP contribution in [0.5, 0.6) is 0 Å². The van der Waals surface area contributed by atoms with Gasteiger partial charge >= 0.3 is 6.09 Å². The van der Waals surface area contributed by atoms with E-state index in [9.17, 15) is 9.59 Å². The highest BCUT2D eigenvalue weighted by Gasteiger charge is 2.27. The predicted octanol–water partition coefficient (Wildman–Crippen LogP) is 0.328. The molecule has 1 heterocycles. The first-order valence-corrected chi connectivity index (χ1v) is 3.20. The van der Waals surface area contributed by atoms with Crippen LogP contribution in [-0.4, -0.2) is 35.0 Å². The van der Waals surface area contributed by atoms with Crippen molar-refractivity contribution in [3.63, 3.8) is 0 Å². The standard InChI is InChI=1S/C6H9NO3/c8-4-5-2-1-3-7(5)6(9)10/h4-5H,1-3H2,(H,9,10)/t5-/m0/s1. The highest BCUT2D eigenvalue weighted by molar-refractivity contribution is 5.72. The molecule has 1 aliphatic rings. The molecule has 0 aromatic heterocycles. The number of carbonyl (C=O) groups is 2. The highest BCUT2D eigenvalue weighted by atomic mass is 16.4. The molecule has 0 saturated carbocycles. The average molecular weight is 143 g/mol. The van der Waals surface area contributed by atoms with Crippen LogP contribution in [-0.2, 0) is 4.79 Å². The van der Waals surface area contributed by atoms with Crippen LogP contribution in [0.3, 0.4) is 0 Å². The van der Waals surface area contributed by atoms with Gasteiger partial charge in [0.15, 0.2) is 0 Å². The normalized spacial score (nSPS) is 24.8. The van der Waals surface area contributed by atoms with Crippen molar-refractivity contribution in [1.82, 2.24) is 4.90 Å². The van der Waals surface area contributed by atoms with Gasteiger partial charge in [-0.15, -0.1) is 0 Å². The zero-order valence-electron chi connectivity index (χ0n) is 5.49. The summed E-state index contributed by atoms with van der Waals surface area (Å²) in [4.78, 5) is 21.7. The van der Waals surface area contributed by atoms with Crippen molar-refractivity contribution in [1.29, 1.82) is 0 Å². The van der Waals surface area contributed by atoms with Crippen LogP contribution in [0.15, 0.2) is 0 Å². The monoisotopic (exact) mass is 143 g/mol. The molecule has 1 aliphatic heterocycles. The molecular weight excluding hydrogens is 134 g/mol. The molecule has 0 aromatic rings. The Kier molecular flexibility index (Phi) is 1.89. The molecule has 1 saturated heterocycles. The second-order valence-electron chi connectivity index (χ2n) is 2.32. The fourth-order valence-electron chi connectivity index (χ4n) is 1.17. The van der Waals surface area contributed by atoms with E-state index in [1.54, 1.807) is 0 Å². The third-order valence-corrected chi connectivity index (χ3v) is 1.70. The summed E-state index contributed by atoms with van der Waals surface area (Å²) in [5.74, 6) is 0. The molecule has 0 radical (unpaired) electrons. The van der Waals surface area contributed by atoms with E-state index in [-0.39, 0.29) is 0 Å². The minimum absolute atomic E-state index is 0.391. The molecule has 4 nitrogen and oxygen atoms in total. The second kappa shape index (κ2) is 2.68. The maximum Gasteiger partial charge on any atom is 0.407 e. The van der Waals surface area contributed by atoms with Crippen LogP contribution < -0.4 is 0 Å². The van der Waals surface area contributed by atoms with Gasteiger partial charge in [0.1, 0.15) is 6.29 Å². The molecule has 1 atom stereocenters. The molecule has 1 rings (SSSR count).